The molecule has 19 heavy (non-hydrogen) atoms. The maximum absolute atomic E-state index is 11.7. The van der Waals surface area contributed by atoms with E-state index in [9.17, 15) is 4.79 Å². The highest BCUT2D eigenvalue weighted by atomic mass is 16.5. The number of ether oxygens (including phenoxy) is 1. The van der Waals surface area contributed by atoms with Crippen molar-refractivity contribution in [3.8, 4) is 0 Å². The van der Waals surface area contributed by atoms with E-state index in [1.54, 1.807) is 4.57 Å². The molecule has 9 heteroatoms. The van der Waals surface area contributed by atoms with Crippen molar-refractivity contribution in [1.29, 1.82) is 0 Å². The molecule has 3 heterocycles. The second-order valence-electron chi connectivity index (χ2n) is 4.34. The van der Waals surface area contributed by atoms with Crippen molar-refractivity contribution in [2.24, 2.45) is 0 Å². The molecule has 1 saturated heterocycles. The Balaban J connectivity index is 1.96. The number of nitrogen functional groups attached to an aromatic ring is 1. The molecule has 0 aromatic carbocycles. The van der Waals surface area contributed by atoms with Crippen LogP contribution in [0.25, 0.3) is 11.2 Å². The van der Waals surface area contributed by atoms with Gasteiger partial charge in [0.2, 0.25) is 5.95 Å². The molecular weight excluding hydrogens is 252 g/mol. The van der Waals surface area contributed by atoms with Crippen molar-refractivity contribution in [2.45, 2.75) is 12.3 Å². The number of nitrogens with zero attached hydrogens (tertiary/aromatic N) is 3. The normalized spacial score (nSPS) is 23.8. The van der Waals surface area contributed by atoms with E-state index in [0.717, 1.165) is 0 Å². The van der Waals surface area contributed by atoms with Gasteiger partial charge in [0.15, 0.2) is 11.2 Å². The Morgan fingerprint density at radius 1 is 1.63 bits per heavy atom. The largest absolute Gasteiger partial charge is 0.394 e. The lowest BCUT2D eigenvalue weighted by molar-refractivity contribution is -0.0388. The highest BCUT2D eigenvalue weighted by Gasteiger charge is 2.23. The molecule has 102 valence electrons. The molecule has 1 aliphatic heterocycles. The number of rotatable bonds is 2. The predicted octanol–water partition coefficient (Wildman–Crippen LogP) is -1.82. The van der Waals surface area contributed by atoms with Gasteiger partial charge in [0.25, 0.3) is 5.56 Å². The highest BCUT2D eigenvalue weighted by molar-refractivity contribution is 5.70. The first-order valence-corrected chi connectivity index (χ1v) is 5.87. The molecule has 2 atom stereocenters. The van der Waals surface area contributed by atoms with Gasteiger partial charge in [-0.15, -0.1) is 0 Å². The van der Waals surface area contributed by atoms with Crippen molar-refractivity contribution in [3.63, 3.8) is 0 Å². The zero-order chi connectivity index (χ0) is 13.4. The number of fused-ring (bicyclic) bond motifs is 1. The number of nitrogens with two attached hydrogens (primary N) is 1. The molecular formula is C10H14N6O3. The lowest BCUT2D eigenvalue weighted by Crippen LogP contribution is -2.45. The third-order valence-electron chi connectivity index (χ3n) is 3.06. The number of morpholine rings is 1. The van der Waals surface area contributed by atoms with Gasteiger partial charge in [0, 0.05) is 6.54 Å². The zero-order valence-corrected chi connectivity index (χ0v) is 10.0. The number of nitrogens with one attached hydrogen (secondary N) is 2. The molecule has 0 radical (unpaired) electrons. The van der Waals surface area contributed by atoms with E-state index < -0.39 is 0 Å². The Kier molecular flexibility index (Phi) is 2.93. The summed E-state index contributed by atoms with van der Waals surface area (Å²) in [5.41, 5.74) is 5.81. The second kappa shape index (κ2) is 4.61. The van der Waals surface area contributed by atoms with Crippen molar-refractivity contribution in [2.75, 3.05) is 25.5 Å². The van der Waals surface area contributed by atoms with Crippen LogP contribution in [0.15, 0.2) is 11.1 Å². The maximum atomic E-state index is 11.7. The van der Waals surface area contributed by atoms with Crippen LogP contribution in [0.2, 0.25) is 0 Å². The fourth-order valence-corrected chi connectivity index (χ4v) is 2.08. The van der Waals surface area contributed by atoms with Crippen LogP contribution >= 0.6 is 0 Å². The molecule has 9 nitrogen and oxygen atoms in total. The molecule has 0 bridgehead atoms. The predicted molar refractivity (Wildman–Crippen MR) is 66.4 cm³/mol. The van der Waals surface area contributed by atoms with Gasteiger partial charge >= 0.3 is 0 Å². The first-order chi connectivity index (χ1) is 9.19. The van der Waals surface area contributed by atoms with Gasteiger partial charge in [-0.2, -0.15) is 4.98 Å². The van der Waals surface area contributed by atoms with E-state index >= 15 is 0 Å². The minimum atomic E-state index is -0.369. The number of aromatic nitrogens is 4. The zero-order valence-electron chi connectivity index (χ0n) is 10.0. The maximum Gasteiger partial charge on any atom is 0.280 e. The number of aliphatic hydroxyl groups excluding tert-OH is 1. The SMILES string of the molecule is Nc1nc2c(ncn2C2CO[C@H](CO)CN2)c(=O)[nH]1. The summed E-state index contributed by atoms with van der Waals surface area (Å²) in [4.78, 5) is 22.2. The lowest BCUT2D eigenvalue weighted by Gasteiger charge is -2.30. The van der Waals surface area contributed by atoms with Crippen LogP contribution < -0.4 is 16.6 Å². The summed E-state index contributed by atoms with van der Waals surface area (Å²) >= 11 is 0. The first-order valence-electron chi connectivity index (χ1n) is 5.87. The Labute approximate surface area is 107 Å². The summed E-state index contributed by atoms with van der Waals surface area (Å²) in [7, 11) is 0. The average molecular weight is 266 g/mol. The molecule has 0 aliphatic carbocycles. The highest BCUT2D eigenvalue weighted by Crippen LogP contribution is 2.15. The van der Waals surface area contributed by atoms with E-state index in [-0.39, 0.29) is 35.9 Å². The molecule has 0 spiro atoms. The van der Waals surface area contributed by atoms with Crippen LogP contribution in [0.1, 0.15) is 6.17 Å². The molecule has 3 rings (SSSR count). The lowest BCUT2D eigenvalue weighted by atomic mass is 10.3. The minimum Gasteiger partial charge on any atom is -0.394 e. The molecule has 2 aromatic rings. The topological polar surface area (TPSA) is 131 Å². The van der Waals surface area contributed by atoms with Gasteiger partial charge in [0.1, 0.15) is 6.17 Å². The summed E-state index contributed by atoms with van der Waals surface area (Å²) in [5, 5.41) is 12.2. The molecule has 1 unspecified atom stereocenters. The summed E-state index contributed by atoms with van der Waals surface area (Å²) in [6.07, 6.45) is 1.11. The summed E-state index contributed by atoms with van der Waals surface area (Å²) < 4.78 is 7.17. The Hall–Kier alpha value is -1.97. The molecule has 0 amide bonds. The average Bonchev–Trinajstić information content (AvgIpc) is 2.83. The first kappa shape index (κ1) is 12.1. The molecule has 5 N–H and O–H groups in total. The number of hydrogen-bond acceptors (Lipinski definition) is 7. The van der Waals surface area contributed by atoms with E-state index in [4.69, 9.17) is 15.6 Å². The third-order valence-corrected chi connectivity index (χ3v) is 3.06. The van der Waals surface area contributed by atoms with E-state index in [2.05, 4.69) is 20.3 Å². The summed E-state index contributed by atoms with van der Waals surface area (Å²) in [6, 6.07) is 0. The van der Waals surface area contributed by atoms with Crippen LogP contribution in [0.3, 0.4) is 0 Å². The van der Waals surface area contributed by atoms with Gasteiger partial charge < -0.3 is 15.6 Å². The van der Waals surface area contributed by atoms with Crippen LogP contribution in [0.5, 0.6) is 0 Å². The Bertz CT molecular complexity index is 642. The van der Waals surface area contributed by atoms with E-state index in [1.165, 1.54) is 6.33 Å². The monoisotopic (exact) mass is 266 g/mol. The molecule has 2 aromatic heterocycles. The van der Waals surface area contributed by atoms with Crippen molar-refractivity contribution in [1.82, 2.24) is 24.8 Å². The third kappa shape index (κ3) is 2.07. The molecule has 1 aliphatic rings. The van der Waals surface area contributed by atoms with Crippen LogP contribution in [-0.4, -0.2) is 50.5 Å². The van der Waals surface area contributed by atoms with Gasteiger partial charge in [-0.3, -0.25) is 19.7 Å². The van der Waals surface area contributed by atoms with E-state index in [0.29, 0.717) is 18.8 Å². The number of aromatic amines is 1. The quantitative estimate of drug-likeness (QED) is 0.503. The van der Waals surface area contributed by atoms with Crippen molar-refractivity contribution >= 4 is 17.1 Å². The second-order valence-corrected chi connectivity index (χ2v) is 4.34. The number of hydrogen-bond donors (Lipinski definition) is 4. The van der Waals surface area contributed by atoms with Gasteiger partial charge in [-0.1, -0.05) is 0 Å². The Morgan fingerprint density at radius 2 is 2.47 bits per heavy atom. The van der Waals surface area contributed by atoms with Gasteiger partial charge in [-0.05, 0) is 0 Å². The minimum absolute atomic E-state index is 0.0325. The standard InChI is InChI=1S/C10H14N6O3/c11-10-14-8-7(9(18)15-10)13-4-16(8)6-3-19-5(2-17)1-12-6/h4-6,12,17H,1-3H2,(H3,11,14,15,18)/t5-,6?/m0/s1. The molecule has 1 fully saturated rings. The number of H-pyrrole nitrogens is 1. The van der Waals surface area contributed by atoms with Crippen molar-refractivity contribution in [3.05, 3.63) is 16.7 Å². The van der Waals surface area contributed by atoms with Crippen LogP contribution in [0, 0.1) is 0 Å². The summed E-state index contributed by atoms with van der Waals surface area (Å²) in [6.45, 7) is 0.833. The number of anilines is 1. The van der Waals surface area contributed by atoms with Crippen LogP contribution in [-0.2, 0) is 4.74 Å². The number of aliphatic hydroxyl groups is 1. The summed E-state index contributed by atoms with van der Waals surface area (Å²) in [5.74, 6) is 0.0456. The number of imidazole rings is 1. The fourth-order valence-electron chi connectivity index (χ4n) is 2.08. The van der Waals surface area contributed by atoms with Gasteiger partial charge in [0.05, 0.1) is 25.6 Å². The van der Waals surface area contributed by atoms with Crippen molar-refractivity contribution < 1.29 is 9.84 Å². The van der Waals surface area contributed by atoms with E-state index in [1.807, 2.05) is 0 Å². The smallest absolute Gasteiger partial charge is 0.280 e. The fraction of sp³-hybridized carbons (Fsp3) is 0.500. The molecule has 0 saturated carbocycles. The Morgan fingerprint density at radius 3 is 3.16 bits per heavy atom. The van der Waals surface area contributed by atoms with Gasteiger partial charge in [-0.25, -0.2) is 4.98 Å². The van der Waals surface area contributed by atoms with Crippen LogP contribution in [0.4, 0.5) is 5.95 Å².